The summed E-state index contributed by atoms with van der Waals surface area (Å²) < 4.78 is 6.57. The Balaban J connectivity index is 1.78. The number of para-hydroxylation sites is 1. The van der Waals surface area contributed by atoms with Gasteiger partial charge in [-0.1, -0.05) is 12.1 Å². The van der Waals surface area contributed by atoms with Crippen LogP contribution in [-0.4, -0.2) is 9.36 Å². The third-order valence-corrected chi connectivity index (χ3v) is 5.29. The quantitative estimate of drug-likeness (QED) is 0.579. The van der Waals surface area contributed by atoms with Gasteiger partial charge in [-0.05, 0) is 41.4 Å². The summed E-state index contributed by atoms with van der Waals surface area (Å²) >= 11 is 1.54. The van der Waals surface area contributed by atoms with Crippen molar-refractivity contribution in [1.82, 2.24) is 9.36 Å². The largest absolute Gasteiger partial charge is 0.409 e. The minimum absolute atomic E-state index is 0.158. The van der Waals surface area contributed by atoms with Gasteiger partial charge in [0.15, 0.2) is 5.82 Å². The average molecular weight is 329 g/mol. The van der Waals surface area contributed by atoms with E-state index in [1.807, 2.05) is 40.6 Å². The van der Waals surface area contributed by atoms with Crippen LogP contribution in [0.1, 0.15) is 12.8 Å². The molecule has 3 aromatic rings. The van der Waals surface area contributed by atoms with Crippen molar-refractivity contribution in [2.45, 2.75) is 25.9 Å². The van der Waals surface area contributed by atoms with Gasteiger partial charge in [0.1, 0.15) is 5.52 Å². The summed E-state index contributed by atoms with van der Waals surface area (Å²) in [4.78, 5) is 12.4. The molecule has 0 saturated heterocycles. The number of rotatable bonds is 2. The summed E-state index contributed by atoms with van der Waals surface area (Å²) in [5.74, 6) is 0.405. The highest BCUT2D eigenvalue weighted by molar-refractivity contribution is 7.21. The van der Waals surface area contributed by atoms with Crippen molar-refractivity contribution in [2.24, 2.45) is 17.3 Å². The van der Waals surface area contributed by atoms with Crippen LogP contribution in [-0.2, 0) is 20.1 Å². The first kappa shape index (κ1) is 14.1. The number of nitrogens with zero attached hydrogens (tertiary/aromatic N) is 5. The molecule has 118 valence electrons. The monoisotopic (exact) mass is 329 g/mol. The molecule has 0 bridgehead atoms. The number of benzene rings is 1. The molecule has 0 fully saturated rings. The third kappa shape index (κ3) is 2.17. The number of aryl methyl sites for hydroxylation is 1. The molecule has 0 saturated carbocycles. The van der Waals surface area contributed by atoms with Crippen LogP contribution in [0.15, 0.2) is 39.3 Å². The molecule has 2 aromatic heterocycles. The van der Waals surface area contributed by atoms with Gasteiger partial charge in [-0.25, -0.2) is 9.25 Å². The first-order chi connectivity index (χ1) is 11.2. The van der Waals surface area contributed by atoms with Crippen LogP contribution in [0.3, 0.4) is 0 Å². The Labute approximate surface area is 136 Å². The van der Waals surface area contributed by atoms with Gasteiger partial charge in [-0.2, -0.15) is 0 Å². The lowest BCUT2D eigenvalue weighted by Crippen LogP contribution is -2.27. The predicted octanol–water partition coefficient (Wildman–Crippen LogP) is 2.48. The highest BCUT2D eigenvalue weighted by Gasteiger charge is 2.22. The van der Waals surface area contributed by atoms with E-state index in [1.165, 1.54) is 11.3 Å². The van der Waals surface area contributed by atoms with Gasteiger partial charge in [0.2, 0.25) is 5.69 Å². The van der Waals surface area contributed by atoms with E-state index in [4.69, 9.17) is 5.73 Å². The second-order valence-corrected chi connectivity index (χ2v) is 6.61. The molecule has 2 N–H and O–H groups in total. The fourth-order valence-corrected chi connectivity index (χ4v) is 3.91. The molecular weight excluding hydrogens is 312 g/mol. The van der Waals surface area contributed by atoms with E-state index in [0.29, 0.717) is 12.4 Å². The minimum atomic E-state index is -0.158. The van der Waals surface area contributed by atoms with Crippen LogP contribution >= 0.6 is 11.3 Å². The zero-order valence-corrected chi connectivity index (χ0v) is 13.6. The van der Waals surface area contributed by atoms with Crippen LogP contribution in [0.5, 0.6) is 0 Å². The van der Waals surface area contributed by atoms with Gasteiger partial charge >= 0.3 is 5.13 Å². The molecule has 0 amide bonds. The Morgan fingerprint density at radius 3 is 2.65 bits per heavy atom. The maximum Gasteiger partial charge on any atom is 0.409 e. The van der Waals surface area contributed by atoms with Crippen molar-refractivity contribution in [2.75, 3.05) is 5.73 Å². The predicted molar refractivity (Wildman–Crippen MR) is 89.5 cm³/mol. The lowest BCUT2D eigenvalue weighted by molar-refractivity contribution is -0.627. The van der Waals surface area contributed by atoms with Crippen LogP contribution in [0.4, 0.5) is 16.6 Å². The van der Waals surface area contributed by atoms with Crippen LogP contribution in [0.2, 0.25) is 0 Å². The van der Waals surface area contributed by atoms with Crippen LogP contribution in [0, 0.1) is 0 Å². The van der Waals surface area contributed by atoms with E-state index in [2.05, 4.69) is 10.2 Å². The molecule has 0 spiro atoms. The van der Waals surface area contributed by atoms with Gasteiger partial charge in [0, 0.05) is 13.1 Å². The zero-order valence-electron chi connectivity index (χ0n) is 12.8. The fraction of sp³-hybridized carbons (Fsp3) is 0.333. The van der Waals surface area contributed by atoms with Gasteiger partial charge in [-0.15, -0.1) is 0 Å². The molecule has 0 unspecified atom stereocenters. The molecule has 1 aromatic carbocycles. The molecule has 0 atom stereocenters. The number of anilines is 1. The normalized spacial score (nSPS) is 14.7. The summed E-state index contributed by atoms with van der Waals surface area (Å²) in [6.45, 7) is 1.45. The van der Waals surface area contributed by atoms with Crippen molar-refractivity contribution in [3.8, 4) is 0 Å². The lowest BCUT2D eigenvalue weighted by atomic mass is 10.3. The summed E-state index contributed by atoms with van der Waals surface area (Å²) in [7, 11) is 1.94. The number of aromatic nitrogens is 3. The standard InChI is InChI=1S/C15H16N6OS/c1-19-10-6-2-3-7-11(10)23-15(19)18-17-12-13(16)20-8-4-5-9-21(20)14(12)22/h2-3,6-7,16H,4-5,8-9H2,1H3/p+1. The summed E-state index contributed by atoms with van der Waals surface area (Å²) in [5, 5.41) is 9.19. The Hall–Kier alpha value is -2.48. The van der Waals surface area contributed by atoms with Gasteiger partial charge in [-0.3, -0.25) is 9.48 Å². The van der Waals surface area contributed by atoms with E-state index < -0.39 is 0 Å². The average Bonchev–Trinajstić information content (AvgIpc) is 3.02. The van der Waals surface area contributed by atoms with E-state index in [1.54, 1.807) is 4.68 Å². The van der Waals surface area contributed by atoms with Crippen LogP contribution in [0.25, 0.3) is 10.2 Å². The molecule has 3 heterocycles. The lowest BCUT2D eigenvalue weighted by Gasteiger charge is -2.17. The Morgan fingerprint density at radius 2 is 1.91 bits per heavy atom. The Bertz CT molecular complexity index is 980. The second-order valence-electron chi connectivity index (χ2n) is 5.60. The highest BCUT2D eigenvalue weighted by atomic mass is 32.1. The van der Waals surface area contributed by atoms with Crippen molar-refractivity contribution in [3.05, 3.63) is 34.6 Å². The smallest absolute Gasteiger partial charge is 0.382 e. The molecule has 0 radical (unpaired) electrons. The number of nitrogens with two attached hydrogens (primary N) is 1. The SMILES string of the molecule is C[n+]1c(/N=N/c2c(N)n3n(c2=O)CCCC3)sc2ccccc21. The molecule has 1 aliphatic heterocycles. The number of hydrogen-bond donors (Lipinski definition) is 1. The van der Waals surface area contributed by atoms with Crippen molar-refractivity contribution in [1.29, 1.82) is 0 Å². The minimum Gasteiger partial charge on any atom is -0.382 e. The first-order valence-electron chi connectivity index (χ1n) is 7.55. The van der Waals surface area contributed by atoms with E-state index in [-0.39, 0.29) is 11.2 Å². The Kier molecular flexibility index (Phi) is 3.26. The number of hydrogen-bond acceptors (Lipinski definition) is 5. The molecule has 8 heteroatoms. The number of thiazole rings is 1. The maximum absolute atomic E-state index is 12.4. The summed E-state index contributed by atoms with van der Waals surface area (Å²) in [5.41, 5.74) is 7.26. The summed E-state index contributed by atoms with van der Waals surface area (Å²) in [6.07, 6.45) is 2.02. The molecule has 23 heavy (non-hydrogen) atoms. The van der Waals surface area contributed by atoms with E-state index in [0.717, 1.165) is 34.7 Å². The molecule has 1 aliphatic rings. The van der Waals surface area contributed by atoms with E-state index in [9.17, 15) is 4.79 Å². The van der Waals surface area contributed by atoms with E-state index >= 15 is 0 Å². The highest BCUT2D eigenvalue weighted by Crippen LogP contribution is 2.28. The van der Waals surface area contributed by atoms with Crippen molar-refractivity contribution < 1.29 is 4.57 Å². The van der Waals surface area contributed by atoms with Gasteiger partial charge < -0.3 is 5.73 Å². The topological polar surface area (TPSA) is 81.5 Å². The fourth-order valence-electron chi connectivity index (χ4n) is 2.94. The number of azo groups is 1. The number of fused-ring (bicyclic) bond motifs is 2. The van der Waals surface area contributed by atoms with Gasteiger partial charge in [0.05, 0.1) is 16.9 Å². The van der Waals surface area contributed by atoms with Crippen molar-refractivity contribution in [3.63, 3.8) is 0 Å². The second kappa shape index (κ2) is 5.31. The third-order valence-electron chi connectivity index (χ3n) is 4.19. The maximum atomic E-state index is 12.4. The molecule has 7 nitrogen and oxygen atoms in total. The zero-order chi connectivity index (χ0) is 16.0. The number of nitrogen functional groups attached to an aromatic ring is 1. The van der Waals surface area contributed by atoms with Gasteiger partial charge in [0.25, 0.3) is 5.56 Å². The molecular formula is C15H17N6OS+. The Morgan fingerprint density at radius 1 is 1.17 bits per heavy atom. The summed E-state index contributed by atoms with van der Waals surface area (Å²) in [6, 6.07) is 8.05. The first-order valence-corrected chi connectivity index (χ1v) is 8.37. The van der Waals surface area contributed by atoms with Crippen LogP contribution < -0.4 is 15.9 Å². The van der Waals surface area contributed by atoms with Crippen molar-refractivity contribution >= 4 is 38.2 Å². The molecule has 4 rings (SSSR count). The molecule has 0 aliphatic carbocycles.